The Hall–Kier alpha value is -1.34. The first kappa shape index (κ1) is 11.2. The van der Waals surface area contributed by atoms with Crippen LogP contribution in [0.5, 0.6) is 5.75 Å². The number of nitrogens with zero attached hydrogens (tertiary/aromatic N) is 2. The van der Waals surface area contributed by atoms with Crippen LogP contribution in [0.2, 0.25) is 0 Å². The summed E-state index contributed by atoms with van der Waals surface area (Å²) in [6.07, 6.45) is 0. The molecule has 0 spiro atoms. The average molecular weight is 301 g/mol. The number of nitrogens with one attached hydrogen (secondary N) is 1. The fourth-order valence-electron chi connectivity index (χ4n) is 1.30. The van der Waals surface area contributed by atoms with Crippen molar-refractivity contribution in [1.82, 2.24) is 14.9 Å². The maximum absolute atomic E-state index is 5.74. The van der Waals surface area contributed by atoms with Crippen molar-refractivity contribution in [3.8, 4) is 17.1 Å². The van der Waals surface area contributed by atoms with Crippen LogP contribution in [0.15, 0.2) is 22.7 Å². The van der Waals surface area contributed by atoms with Gasteiger partial charge in [0.2, 0.25) is 4.77 Å². The molecule has 0 aliphatic carbocycles. The lowest BCUT2D eigenvalue weighted by molar-refractivity contribution is 0.414. The molecule has 2 rings (SSSR count). The second-order valence-electron chi connectivity index (χ2n) is 3.07. The number of ether oxygens (including phenoxy) is 1. The van der Waals surface area contributed by atoms with Crippen LogP contribution in [0.25, 0.3) is 11.4 Å². The number of methoxy groups -OCH3 is 1. The quantitative estimate of drug-likeness (QED) is 0.658. The van der Waals surface area contributed by atoms with Crippen molar-refractivity contribution >= 4 is 28.1 Å². The molecule has 84 valence electrons. The van der Waals surface area contributed by atoms with Crippen molar-refractivity contribution in [1.29, 1.82) is 0 Å². The molecule has 0 aliphatic rings. The SMILES string of the molecule is COc1ccc(-c2n[nH]c(=S)n2N)c(Br)c1. The molecule has 5 nitrogen and oxygen atoms in total. The number of benzene rings is 1. The van der Waals surface area contributed by atoms with Crippen molar-refractivity contribution in [3.05, 3.63) is 27.4 Å². The number of hydrogen-bond donors (Lipinski definition) is 2. The van der Waals surface area contributed by atoms with Crippen molar-refractivity contribution in [3.63, 3.8) is 0 Å². The minimum absolute atomic E-state index is 0.373. The zero-order valence-electron chi connectivity index (χ0n) is 8.40. The maximum Gasteiger partial charge on any atom is 0.214 e. The molecule has 7 heteroatoms. The second-order valence-corrected chi connectivity index (χ2v) is 4.31. The standard InChI is InChI=1S/C9H9BrN4OS/c1-15-5-2-3-6(7(10)4-5)8-12-13-9(16)14(8)11/h2-4H,11H2,1H3,(H,13,16). The molecule has 0 aliphatic heterocycles. The van der Waals surface area contributed by atoms with Gasteiger partial charge in [-0.25, -0.2) is 9.77 Å². The van der Waals surface area contributed by atoms with Crippen molar-refractivity contribution in [2.45, 2.75) is 0 Å². The average Bonchev–Trinajstić information content (AvgIpc) is 2.60. The van der Waals surface area contributed by atoms with Gasteiger partial charge < -0.3 is 10.6 Å². The predicted octanol–water partition coefficient (Wildman–Crippen LogP) is 2.09. The van der Waals surface area contributed by atoms with E-state index in [0.29, 0.717) is 10.6 Å². The molecular weight excluding hydrogens is 292 g/mol. The van der Waals surface area contributed by atoms with Gasteiger partial charge in [0.25, 0.3) is 0 Å². The number of aromatic nitrogens is 3. The van der Waals surface area contributed by atoms with E-state index >= 15 is 0 Å². The minimum atomic E-state index is 0.373. The fraction of sp³-hybridized carbons (Fsp3) is 0.111. The van der Waals surface area contributed by atoms with E-state index in [1.165, 1.54) is 4.68 Å². The molecule has 0 amide bonds. The topological polar surface area (TPSA) is 68.9 Å². The predicted molar refractivity (Wildman–Crippen MR) is 67.3 cm³/mol. The molecule has 16 heavy (non-hydrogen) atoms. The van der Waals surface area contributed by atoms with E-state index in [9.17, 15) is 0 Å². The van der Waals surface area contributed by atoms with Crippen molar-refractivity contribution in [2.24, 2.45) is 0 Å². The van der Waals surface area contributed by atoms with Gasteiger partial charge in [-0.3, -0.25) is 0 Å². The van der Waals surface area contributed by atoms with E-state index in [2.05, 4.69) is 26.1 Å². The molecular formula is C9H9BrN4OS. The van der Waals surface area contributed by atoms with E-state index in [1.807, 2.05) is 18.2 Å². The van der Waals surface area contributed by atoms with Gasteiger partial charge in [-0.05, 0) is 46.3 Å². The van der Waals surface area contributed by atoms with E-state index in [4.69, 9.17) is 22.8 Å². The molecule has 0 fully saturated rings. The Kier molecular flexibility index (Phi) is 2.97. The fourth-order valence-corrected chi connectivity index (χ4v) is 1.97. The summed E-state index contributed by atoms with van der Waals surface area (Å²) in [5.74, 6) is 7.07. The summed E-state index contributed by atoms with van der Waals surface area (Å²) in [6, 6.07) is 5.53. The number of nitrogen functional groups attached to an aromatic ring is 1. The Labute approximate surface area is 105 Å². The molecule has 0 unspecified atom stereocenters. The highest BCUT2D eigenvalue weighted by atomic mass is 79.9. The van der Waals surface area contributed by atoms with Gasteiger partial charge >= 0.3 is 0 Å². The van der Waals surface area contributed by atoms with Gasteiger partial charge in [0.05, 0.1) is 7.11 Å². The maximum atomic E-state index is 5.74. The molecule has 2 aromatic rings. The van der Waals surface area contributed by atoms with Crippen LogP contribution in [0.1, 0.15) is 0 Å². The zero-order valence-corrected chi connectivity index (χ0v) is 10.8. The van der Waals surface area contributed by atoms with Crippen molar-refractivity contribution < 1.29 is 4.74 Å². The van der Waals surface area contributed by atoms with Crippen LogP contribution < -0.4 is 10.6 Å². The Morgan fingerprint density at radius 2 is 2.31 bits per heavy atom. The molecule has 1 aromatic heterocycles. The third-order valence-corrected chi connectivity index (χ3v) is 3.07. The van der Waals surface area contributed by atoms with E-state index in [-0.39, 0.29) is 0 Å². The third kappa shape index (κ3) is 1.83. The van der Waals surface area contributed by atoms with Crippen LogP contribution >= 0.6 is 28.1 Å². The molecule has 0 atom stereocenters. The lowest BCUT2D eigenvalue weighted by atomic mass is 10.2. The van der Waals surface area contributed by atoms with Gasteiger partial charge in [-0.1, -0.05) is 0 Å². The van der Waals surface area contributed by atoms with Gasteiger partial charge in [-0.2, -0.15) is 5.10 Å². The minimum Gasteiger partial charge on any atom is -0.497 e. The number of halogens is 1. The highest BCUT2D eigenvalue weighted by molar-refractivity contribution is 9.10. The molecule has 0 saturated carbocycles. The molecule has 3 N–H and O–H groups in total. The summed E-state index contributed by atoms with van der Waals surface area (Å²) >= 11 is 8.38. The Morgan fingerprint density at radius 3 is 2.81 bits per heavy atom. The number of hydrogen-bond acceptors (Lipinski definition) is 4. The van der Waals surface area contributed by atoms with E-state index in [1.54, 1.807) is 7.11 Å². The number of nitrogens with two attached hydrogens (primary N) is 1. The summed E-state index contributed by atoms with van der Waals surface area (Å²) < 4.78 is 7.64. The third-order valence-electron chi connectivity index (χ3n) is 2.12. The molecule has 1 aromatic carbocycles. The summed E-state index contributed by atoms with van der Waals surface area (Å²) in [5.41, 5.74) is 0.843. The largest absolute Gasteiger partial charge is 0.497 e. The Balaban J connectivity index is 2.57. The number of aromatic amines is 1. The lowest BCUT2D eigenvalue weighted by Crippen LogP contribution is -2.10. The first-order valence-corrected chi connectivity index (χ1v) is 5.60. The summed E-state index contributed by atoms with van der Waals surface area (Å²) in [5, 5.41) is 6.68. The van der Waals surface area contributed by atoms with Crippen LogP contribution in [-0.2, 0) is 0 Å². The first-order chi connectivity index (χ1) is 7.63. The monoisotopic (exact) mass is 300 g/mol. The highest BCUT2D eigenvalue weighted by Crippen LogP contribution is 2.29. The molecule has 1 heterocycles. The van der Waals surface area contributed by atoms with Crippen LogP contribution in [-0.4, -0.2) is 22.0 Å². The summed E-state index contributed by atoms with van der Waals surface area (Å²) in [6.45, 7) is 0. The smallest absolute Gasteiger partial charge is 0.214 e. The van der Waals surface area contributed by atoms with Crippen LogP contribution in [0.4, 0.5) is 0 Å². The lowest BCUT2D eigenvalue weighted by Gasteiger charge is -2.05. The molecule has 0 bridgehead atoms. The summed E-state index contributed by atoms with van der Waals surface area (Å²) in [4.78, 5) is 0. The van der Waals surface area contributed by atoms with Crippen LogP contribution in [0, 0.1) is 4.77 Å². The second kappa shape index (κ2) is 4.26. The van der Waals surface area contributed by atoms with Crippen molar-refractivity contribution in [2.75, 3.05) is 13.0 Å². The Morgan fingerprint density at radius 1 is 1.56 bits per heavy atom. The zero-order chi connectivity index (χ0) is 11.7. The first-order valence-electron chi connectivity index (χ1n) is 4.40. The van der Waals surface area contributed by atoms with Gasteiger partial charge in [-0.15, -0.1) is 0 Å². The van der Waals surface area contributed by atoms with E-state index < -0.39 is 0 Å². The van der Waals surface area contributed by atoms with Gasteiger partial charge in [0.15, 0.2) is 5.82 Å². The highest BCUT2D eigenvalue weighted by Gasteiger charge is 2.10. The van der Waals surface area contributed by atoms with Gasteiger partial charge in [0, 0.05) is 10.0 Å². The van der Waals surface area contributed by atoms with Crippen LogP contribution in [0.3, 0.4) is 0 Å². The normalized spacial score (nSPS) is 10.4. The molecule has 0 saturated heterocycles. The summed E-state index contributed by atoms with van der Waals surface area (Å²) in [7, 11) is 1.61. The number of H-pyrrole nitrogens is 1. The Bertz CT molecular complexity index is 577. The number of rotatable bonds is 2. The van der Waals surface area contributed by atoms with E-state index in [0.717, 1.165) is 15.8 Å². The van der Waals surface area contributed by atoms with Gasteiger partial charge in [0.1, 0.15) is 5.75 Å². The molecule has 0 radical (unpaired) electrons.